The highest BCUT2D eigenvalue weighted by molar-refractivity contribution is 6.39. The van der Waals surface area contributed by atoms with Crippen LogP contribution in [-0.4, -0.2) is 60.0 Å². The summed E-state index contributed by atoms with van der Waals surface area (Å²) in [5, 5.41) is 17.1. The molecule has 0 spiro atoms. The quantitative estimate of drug-likeness (QED) is 0.567. The van der Waals surface area contributed by atoms with Crippen LogP contribution in [0, 0.1) is 0 Å². The first-order valence-corrected chi connectivity index (χ1v) is 8.31. The molecule has 0 aliphatic carbocycles. The maximum atomic E-state index is 11.9. The number of carbonyl (C=O) groups is 3. The van der Waals surface area contributed by atoms with Gasteiger partial charge < -0.3 is 26.0 Å². The Balaban J connectivity index is 1.74. The lowest BCUT2D eigenvalue weighted by atomic mass is 10.1. The number of benzene rings is 1. The normalized spacial score (nSPS) is 15.4. The molecular weight excluding hydrogens is 324 g/mol. The van der Waals surface area contributed by atoms with E-state index in [1.165, 1.54) is 6.92 Å². The first-order chi connectivity index (χ1) is 11.9. The first kappa shape index (κ1) is 18.9. The van der Waals surface area contributed by atoms with Crippen LogP contribution in [0.1, 0.15) is 19.8 Å². The van der Waals surface area contributed by atoms with Gasteiger partial charge in [0.2, 0.25) is 5.91 Å². The lowest BCUT2D eigenvalue weighted by molar-refractivity contribution is -0.136. The van der Waals surface area contributed by atoms with Crippen LogP contribution in [0.25, 0.3) is 0 Å². The van der Waals surface area contributed by atoms with Crippen LogP contribution in [-0.2, 0) is 14.4 Å². The molecule has 0 atom stereocenters. The van der Waals surface area contributed by atoms with Crippen molar-refractivity contribution in [3.63, 3.8) is 0 Å². The molecule has 0 saturated carbocycles. The number of nitrogens with one attached hydrogen (secondary N) is 3. The number of amides is 3. The van der Waals surface area contributed by atoms with Crippen molar-refractivity contribution in [2.75, 3.05) is 36.8 Å². The molecule has 8 nitrogen and oxygen atoms in total. The topological polar surface area (TPSA) is 111 Å². The minimum atomic E-state index is -0.756. The van der Waals surface area contributed by atoms with Crippen molar-refractivity contribution in [3.8, 4) is 0 Å². The van der Waals surface area contributed by atoms with E-state index in [0.717, 1.165) is 25.9 Å². The molecule has 1 aliphatic rings. The average molecular weight is 348 g/mol. The van der Waals surface area contributed by atoms with Gasteiger partial charge in [-0.1, -0.05) is 6.07 Å². The predicted octanol–water partition coefficient (Wildman–Crippen LogP) is 0.156. The van der Waals surface area contributed by atoms with Crippen molar-refractivity contribution in [2.24, 2.45) is 0 Å². The maximum Gasteiger partial charge on any atom is 0.313 e. The van der Waals surface area contributed by atoms with Crippen LogP contribution in [0.3, 0.4) is 0 Å². The average Bonchev–Trinajstić information content (AvgIpc) is 2.56. The Bertz CT molecular complexity index is 627. The molecule has 1 fully saturated rings. The van der Waals surface area contributed by atoms with Crippen LogP contribution in [0.4, 0.5) is 11.4 Å². The minimum absolute atomic E-state index is 0.216. The number of piperidine rings is 1. The molecular formula is C17H24N4O4. The third kappa shape index (κ3) is 6.52. The molecule has 8 heteroatoms. The van der Waals surface area contributed by atoms with Crippen LogP contribution in [0.2, 0.25) is 0 Å². The number of carbonyl (C=O) groups excluding carboxylic acids is 3. The highest BCUT2D eigenvalue weighted by Gasteiger charge is 2.18. The van der Waals surface area contributed by atoms with Crippen molar-refractivity contribution >= 4 is 29.1 Å². The summed E-state index contributed by atoms with van der Waals surface area (Å²) in [7, 11) is 0. The van der Waals surface area contributed by atoms with Crippen molar-refractivity contribution in [2.45, 2.75) is 25.9 Å². The summed E-state index contributed by atoms with van der Waals surface area (Å²) in [6.07, 6.45) is 1.24. The molecule has 3 amide bonds. The van der Waals surface area contributed by atoms with Crippen molar-refractivity contribution < 1.29 is 19.5 Å². The SMILES string of the molecule is CC(=O)Nc1cccc(NC(=O)C(=O)NCCN2CCC(O)CC2)c1. The van der Waals surface area contributed by atoms with E-state index < -0.39 is 11.8 Å². The largest absolute Gasteiger partial charge is 0.393 e. The zero-order valence-electron chi connectivity index (χ0n) is 14.2. The van der Waals surface area contributed by atoms with Crippen LogP contribution in [0.5, 0.6) is 0 Å². The summed E-state index contributed by atoms with van der Waals surface area (Å²) in [5.41, 5.74) is 0.967. The van der Waals surface area contributed by atoms with Crippen molar-refractivity contribution in [1.29, 1.82) is 0 Å². The van der Waals surface area contributed by atoms with E-state index in [-0.39, 0.29) is 12.0 Å². The van der Waals surface area contributed by atoms with Gasteiger partial charge >= 0.3 is 11.8 Å². The van der Waals surface area contributed by atoms with Gasteiger partial charge in [-0.15, -0.1) is 0 Å². The number of aliphatic hydroxyl groups is 1. The van der Waals surface area contributed by atoms with Gasteiger partial charge in [0.1, 0.15) is 0 Å². The molecule has 1 aromatic rings. The molecule has 0 aromatic heterocycles. The van der Waals surface area contributed by atoms with E-state index in [2.05, 4.69) is 20.9 Å². The van der Waals surface area contributed by atoms with E-state index in [0.29, 0.717) is 24.5 Å². The first-order valence-electron chi connectivity index (χ1n) is 8.31. The molecule has 1 aliphatic heterocycles. The van der Waals surface area contributed by atoms with Crippen LogP contribution < -0.4 is 16.0 Å². The molecule has 0 bridgehead atoms. The van der Waals surface area contributed by atoms with E-state index in [4.69, 9.17) is 0 Å². The minimum Gasteiger partial charge on any atom is -0.393 e. The number of likely N-dealkylation sites (tertiary alicyclic amines) is 1. The monoisotopic (exact) mass is 348 g/mol. The lowest BCUT2D eigenvalue weighted by Gasteiger charge is -2.29. The third-order valence-electron chi connectivity index (χ3n) is 3.92. The molecule has 2 rings (SSSR count). The van der Waals surface area contributed by atoms with Gasteiger partial charge in [-0.05, 0) is 31.0 Å². The van der Waals surface area contributed by atoms with Gasteiger partial charge in [-0.3, -0.25) is 14.4 Å². The number of rotatable bonds is 5. The number of hydrogen-bond donors (Lipinski definition) is 4. The number of nitrogens with zero attached hydrogens (tertiary/aromatic N) is 1. The van der Waals surface area contributed by atoms with Gasteiger partial charge in [0.05, 0.1) is 6.10 Å². The molecule has 1 aromatic carbocycles. The van der Waals surface area contributed by atoms with Gasteiger partial charge in [0.15, 0.2) is 0 Å². The number of anilines is 2. The number of hydrogen-bond acceptors (Lipinski definition) is 5. The molecule has 25 heavy (non-hydrogen) atoms. The summed E-state index contributed by atoms with van der Waals surface area (Å²) in [6, 6.07) is 6.57. The molecule has 4 N–H and O–H groups in total. The van der Waals surface area contributed by atoms with Crippen LogP contribution in [0.15, 0.2) is 24.3 Å². The Labute approximate surface area is 146 Å². The Kier molecular flexibility index (Phi) is 6.91. The Hall–Kier alpha value is -2.45. The fourth-order valence-electron chi connectivity index (χ4n) is 2.62. The number of aliphatic hydroxyl groups excluding tert-OH is 1. The van der Waals surface area contributed by atoms with Gasteiger partial charge in [0, 0.05) is 44.5 Å². The Morgan fingerprint density at radius 3 is 2.40 bits per heavy atom. The predicted molar refractivity (Wildman–Crippen MR) is 94.1 cm³/mol. The molecule has 136 valence electrons. The highest BCUT2D eigenvalue weighted by atomic mass is 16.3. The molecule has 1 saturated heterocycles. The second-order valence-corrected chi connectivity index (χ2v) is 6.04. The molecule has 0 unspecified atom stereocenters. The highest BCUT2D eigenvalue weighted by Crippen LogP contribution is 2.15. The molecule has 1 heterocycles. The Morgan fingerprint density at radius 1 is 1.12 bits per heavy atom. The Morgan fingerprint density at radius 2 is 1.76 bits per heavy atom. The molecule has 0 radical (unpaired) electrons. The van der Waals surface area contributed by atoms with Gasteiger partial charge in [-0.25, -0.2) is 0 Å². The van der Waals surface area contributed by atoms with Gasteiger partial charge in [-0.2, -0.15) is 0 Å². The second-order valence-electron chi connectivity index (χ2n) is 6.04. The van der Waals surface area contributed by atoms with Crippen molar-refractivity contribution in [3.05, 3.63) is 24.3 Å². The fraction of sp³-hybridized carbons (Fsp3) is 0.471. The fourth-order valence-corrected chi connectivity index (χ4v) is 2.62. The van der Waals surface area contributed by atoms with Crippen molar-refractivity contribution in [1.82, 2.24) is 10.2 Å². The third-order valence-corrected chi connectivity index (χ3v) is 3.92. The summed E-state index contributed by atoms with van der Waals surface area (Å²) in [4.78, 5) is 36.9. The van der Waals surface area contributed by atoms with E-state index in [1.807, 2.05) is 0 Å². The standard InChI is InChI=1S/C17H24N4O4/c1-12(22)19-13-3-2-4-14(11-13)20-17(25)16(24)18-7-10-21-8-5-15(23)6-9-21/h2-4,11,15,23H,5-10H2,1H3,(H,18,24)(H,19,22)(H,20,25). The smallest absolute Gasteiger partial charge is 0.313 e. The van der Waals surface area contributed by atoms with E-state index in [9.17, 15) is 19.5 Å². The summed E-state index contributed by atoms with van der Waals surface area (Å²) in [5.74, 6) is -1.68. The zero-order chi connectivity index (χ0) is 18.2. The van der Waals surface area contributed by atoms with E-state index in [1.54, 1.807) is 24.3 Å². The zero-order valence-corrected chi connectivity index (χ0v) is 14.2. The van der Waals surface area contributed by atoms with Gasteiger partial charge in [0.25, 0.3) is 0 Å². The lowest BCUT2D eigenvalue weighted by Crippen LogP contribution is -2.43. The summed E-state index contributed by atoms with van der Waals surface area (Å²) < 4.78 is 0. The summed E-state index contributed by atoms with van der Waals surface area (Å²) >= 11 is 0. The van der Waals surface area contributed by atoms with E-state index >= 15 is 0 Å². The maximum absolute atomic E-state index is 11.9. The second kappa shape index (κ2) is 9.14. The summed E-state index contributed by atoms with van der Waals surface area (Å²) in [6.45, 7) is 3.98. The van der Waals surface area contributed by atoms with Crippen LogP contribution >= 0.6 is 0 Å².